The summed E-state index contributed by atoms with van der Waals surface area (Å²) >= 11 is 0. The van der Waals surface area contributed by atoms with E-state index >= 15 is 0 Å². The standard InChI is InChI=1S/C8H16F2N2O2/c1-2-6(11)8(14)12(3-4-13)5-7(9)10/h6-7,13H,2-5,11H2,1H3. The van der Waals surface area contributed by atoms with Crippen molar-refractivity contribution in [1.29, 1.82) is 0 Å². The minimum atomic E-state index is -2.60. The van der Waals surface area contributed by atoms with E-state index in [9.17, 15) is 13.6 Å². The SMILES string of the molecule is CCC(N)C(=O)N(CCO)CC(F)F. The van der Waals surface area contributed by atoms with Crippen LogP contribution in [0.2, 0.25) is 0 Å². The zero-order valence-electron chi connectivity index (χ0n) is 8.12. The number of nitrogens with two attached hydrogens (primary N) is 1. The van der Waals surface area contributed by atoms with Gasteiger partial charge in [0.15, 0.2) is 0 Å². The molecule has 1 atom stereocenters. The van der Waals surface area contributed by atoms with Crippen molar-refractivity contribution in [2.75, 3.05) is 19.7 Å². The molecule has 3 N–H and O–H groups in total. The number of carbonyl (C=O) groups excluding carboxylic acids is 1. The van der Waals surface area contributed by atoms with Gasteiger partial charge < -0.3 is 15.7 Å². The Balaban J connectivity index is 4.24. The van der Waals surface area contributed by atoms with Crippen molar-refractivity contribution < 1.29 is 18.7 Å². The summed E-state index contributed by atoms with van der Waals surface area (Å²) in [6.07, 6.45) is -2.21. The number of nitrogens with zero attached hydrogens (tertiary/aromatic N) is 1. The minimum absolute atomic E-state index is 0.100. The van der Waals surface area contributed by atoms with E-state index in [0.717, 1.165) is 4.90 Å². The number of alkyl halides is 2. The third-order valence-corrected chi connectivity index (χ3v) is 1.80. The molecule has 4 nitrogen and oxygen atoms in total. The van der Waals surface area contributed by atoms with Crippen LogP contribution >= 0.6 is 0 Å². The Morgan fingerprint density at radius 2 is 2.14 bits per heavy atom. The van der Waals surface area contributed by atoms with Crippen molar-refractivity contribution in [2.24, 2.45) is 5.73 Å². The first-order valence-corrected chi connectivity index (χ1v) is 4.46. The molecule has 0 rings (SSSR count). The molecule has 0 aromatic carbocycles. The summed E-state index contributed by atoms with van der Waals surface area (Å²) in [7, 11) is 0. The van der Waals surface area contributed by atoms with Crippen LogP contribution < -0.4 is 5.73 Å². The van der Waals surface area contributed by atoms with Crippen LogP contribution in [0.4, 0.5) is 8.78 Å². The number of hydrogen-bond acceptors (Lipinski definition) is 3. The van der Waals surface area contributed by atoms with Gasteiger partial charge in [-0.25, -0.2) is 8.78 Å². The molecule has 0 saturated carbocycles. The maximum absolute atomic E-state index is 12.0. The molecular weight excluding hydrogens is 194 g/mol. The lowest BCUT2D eigenvalue weighted by Crippen LogP contribution is -2.46. The number of halogens is 2. The van der Waals surface area contributed by atoms with Crippen LogP contribution in [0.1, 0.15) is 13.3 Å². The van der Waals surface area contributed by atoms with Gasteiger partial charge in [-0.1, -0.05) is 6.92 Å². The summed E-state index contributed by atoms with van der Waals surface area (Å²) in [5.74, 6) is -0.540. The van der Waals surface area contributed by atoms with Crippen LogP contribution in [0.3, 0.4) is 0 Å². The van der Waals surface area contributed by atoms with E-state index in [2.05, 4.69) is 0 Å². The molecule has 14 heavy (non-hydrogen) atoms. The number of aliphatic hydroxyl groups is 1. The number of rotatable bonds is 6. The van der Waals surface area contributed by atoms with Crippen molar-refractivity contribution in [2.45, 2.75) is 25.8 Å². The average molecular weight is 210 g/mol. The van der Waals surface area contributed by atoms with Gasteiger partial charge in [0.05, 0.1) is 19.2 Å². The highest BCUT2D eigenvalue weighted by atomic mass is 19.3. The first-order valence-electron chi connectivity index (χ1n) is 4.46. The van der Waals surface area contributed by atoms with E-state index in [0.29, 0.717) is 6.42 Å². The van der Waals surface area contributed by atoms with Gasteiger partial charge in [-0.15, -0.1) is 0 Å². The Kier molecular flexibility index (Phi) is 6.31. The maximum atomic E-state index is 12.0. The van der Waals surface area contributed by atoms with Crippen molar-refractivity contribution in [3.63, 3.8) is 0 Å². The highest BCUT2D eigenvalue weighted by Crippen LogP contribution is 2.02. The molecule has 0 aliphatic rings. The number of carbonyl (C=O) groups is 1. The second-order valence-corrected chi connectivity index (χ2v) is 2.91. The quantitative estimate of drug-likeness (QED) is 0.638. The molecule has 6 heteroatoms. The van der Waals surface area contributed by atoms with Gasteiger partial charge in [-0.2, -0.15) is 0 Å². The third kappa shape index (κ3) is 4.48. The van der Waals surface area contributed by atoms with Crippen LogP contribution in [0.15, 0.2) is 0 Å². The monoisotopic (exact) mass is 210 g/mol. The fourth-order valence-electron chi connectivity index (χ4n) is 0.988. The highest BCUT2D eigenvalue weighted by molar-refractivity contribution is 5.81. The van der Waals surface area contributed by atoms with E-state index in [1.165, 1.54) is 0 Å². The number of amides is 1. The summed E-state index contributed by atoms with van der Waals surface area (Å²) in [5, 5.41) is 8.57. The van der Waals surface area contributed by atoms with Crippen molar-refractivity contribution in [3.05, 3.63) is 0 Å². The molecule has 0 spiro atoms. The van der Waals surface area contributed by atoms with Crippen molar-refractivity contribution in [1.82, 2.24) is 4.90 Å². The first kappa shape index (κ1) is 13.2. The van der Waals surface area contributed by atoms with Gasteiger partial charge in [0.1, 0.15) is 0 Å². The zero-order chi connectivity index (χ0) is 11.1. The fraction of sp³-hybridized carbons (Fsp3) is 0.875. The molecule has 1 amide bonds. The molecule has 1 unspecified atom stereocenters. The van der Waals surface area contributed by atoms with Gasteiger partial charge in [-0.3, -0.25) is 4.79 Å². The lowest BCUT2D eigenvalue weighted by atomic mass is 10.2. The molecule has 0 bridgehead atoms. The van der Waals surface area contributed by atoms with Gasteiger partial charge in [0.2, 0.25) is 5.91 Å². The smallest absolute Gasteiger partial charge is 0.255 e. The van der Waals surface area contributed by atoms with Gasteiger partial charge in [0.25, 0.3) is 6.43 Å². The molecule has 0 aliphatic heterocycles. The second kappa shape index (κ2) is 6.67. The van der Waals surface area contributed by atoms with Crippen molar-refractivity contribution in [3.8, 4) is 0 Å². The average Bonchev–Trinajstić information content (AvgIpc) is 2.14. The molecule has 0 fully saturated rings. The molecule has 0 saturated heterocycles. The topological polar surface area (TPSA) is 66.6 Å². The van der Waals surface area contributed by atoms with Crippen LogP contribution in [0, 0.1) is 0 Å². The fourth-order valence-corrected chi connectivity index (χ4v) is 0.988. The molecule has 0 heterocycles. The van der Waals surface area contributed by atoms with Crippen LogP contribution in [-0.2, 0) is 4.79 Å². The lowest BCUT2D eigenvalue weighted by molar-refractivity contribution is -0.135. The number of aliphatic hydroxyl groups excluding tert-OH is 1. The summed E-state index contributed by atoms with van der Waals surface area (Å²) in [6.45, 7) is 0.584. The van der Waals surface area contributed by atoms with Crippen LogP contribution in [0.25, 0.3) is 0 Å². The summed E-state index contributed by atoms with van der Waals surface area (Å²) in [6, 6.07) is -0.764. The molecular formula is C8H16F2N2O2. The highest BCUT2D eigenvalue weighted by Gasteiger charge is 2.21. The van der Waals surface area contributed by atoms with Crippen molar-refractivity contribution >= 4 is 5.91 Å². The summed E-state index contributed by atoms with van der Waals surface area (Å²) in [4.78, 5) is 12.2. The first-order chi connectivity index (χ1) is 6.52. The Morgan fingerprint density at radius 3 is 2.50 bits per heavy atom. The van der Waals surface area contributed by atoms with Gasteiger partial charge in [-0.05, 0) is 6.42 Å². The van der Waals surface area contributed by atoms with Gasteiger partial charge in [0, 0.05) is 6.54 Å². The molecule has 0 aromatic rings. The molecule has 0 radical (unpaired) electrons. The molecule has 84 valence electrons. The Labute approximate surface area is 81.7 Å². The second-order valence-electron chi connectivity index (χ2n) is 2.91. The third-order valence-electron chi connectivity index (χ3n) is 1.80. The minimum Gasteiger partial charge on any atom is -0.395 e. The van der Waals surface area contributed by atoms with E-state index < -0.39 is 24.9 Å². The zero-order valence-corrected chi connectivity index (χ0v) is 8.12. The van der Waals surface area contributed by atoms with E-state index in [4.69, 9.17) is 10.8 Å². The van der Waals surface area contributed by atoms with Crippen LogP contribution in [-0.4, -0.2) is 48.1 Å². The Hall–Kier alpha value is -0.750. The Morgan fingerprint density at radius 1 is 1.57 bits per heavy atom. The predicted molar refractivity (Wildman–Crippen MR) is 47.9 cm³/mol. The van der Waals surface area contributed by atoms with E-state index in [1.54, 1.807) is 6.92 Å². The molecule has 0 aromatic heterocycles. The normalized spacial score (nSPS) is 13.0. The van der Waals surface area contributed by atoms with Crippen LogP contribution in [0.5, 0.6) is 0 Å². The van der Waals surface area contributed by atoms with E-state index in [-0.39, 0.29) is 13.2 Å². The predicted octanol–water partition coefficient (Wildman–Crippen LogP) is -0.190. The molecule has 0 aliphatic carbocycles. The Bertz CT molecular complexity index is 179. The number of hydrogen-bond donors (Lipinski definition) is 2. The maximum Gasteiger partial charge on any atom is 0.255 e. The van der Waals surface area contributed by atoms with E-state index in [1.807, 2.05) is 0 Å². The largest absolute Gasteiger partial charge is 0.395 e. The van der Waals surface area contributed by atoms with Gasteiger partial charge >= 0.3 is 0 Å². The summed E-state index contributed by atoms with van der Waals surface area (Å²) < 4.78 is 24.0. The lowest BCUT2D eigenvalue weighted by Gasteiger charge is -2.23. The summed E-state index contributed by atoms with van der Waals surface area (Å²) in [5.41, 5.74) is 5.41.